The fraction of sp³-hybridized carbons (Fsp3) is 0.190. The Kier molecular flexibility index (Phi) is 6.26. The number of aromatic amines is 1. The second-order valence-corrected chi connectivity index (χ2v) is 6.88. The fourth-order valence-electron chi connectivity index (χ4n) is 2.88. The lowest BCUT2D eigenvalue weighted by Crippen LogP contribution is -2.16. The quantitative estimate of drug-likeness (QED) is 0.350. The Hall–Kier alpha value is -3.36. The molecule has 8 nitrogen and oxygen atoms in total. The predicted octanol–water partition coefficient (Wildman–Crippen LogP) is 3.93. The maximum absolute atomic E-state index is 6.42. The summed E-state index contributed by atoms with van der Waals surface area (Å²) in [5.41, 5.74) is 3.17. The van der Waals surface area contributed by atoms with Crippen LogP contribution in [0.1, 0.15) is 5.69 Å². The summed E-state index contributed by atoms with van der Waals surface area (Å²) in [5, 5.41) is 14.9. The second kappa shape index (κ2) is 9.43. The minimum atomic E-state index is 0.346. The number of fused-ring (bicyclic) bond motifs is 1. The van der Waals surface area contributed by atoms with E-state index in [9.17, 15) is 0 Å². The van der Waals surface area contributed by atoms with Crippen molar-refractivity contribution < 1.29 is 9.47 Å². The summed E-state index contributed by atoms with van der Waals surface area (Å²) in [6.45, 7) is 1.57. The lowest BCUT2D eigenvalue weighted by atomic mass is 10.2. The first-order chi connectivity index (χ1) is 14.7. The number of likely N-dealkylation sites (N-methyl/N-ethyl adjacent to an activating group) is 1. The summed E-state index contributed by atoms with van der Waals surface area (Å²) in [4.78, 5) is 8.50. The molecular formula is C21H21ClN6O2. The van der Waals surface area contributed by atoms with Crippen LogP contribution in [0.5, 0.6) is 11.6 Å². The van der Waals surface area contributed by atoms with E-state index in [1.54, 1.807) is 24.7 Å². The van der Waals surface area contributed by atoms with Gasteiger partial charge in [-0.15, -0.1) is 5.10 Å². The van der Waals surface area contributed by atoms with Gasteiger partial charge in [-0.25, -0.2) is 0 Å². The van der Waals surface area contributed by atoms with Crippen LogP contribution in [0, 0.1) is 0 Å². The van der Waals surface area contributed by atoms with Gasteiger partial charge < -0.3 is 20.1 Å². The monoisotopic (exact) mass is 424 g/mol. The highest BCUT2D eigenvalue weighted by Crippen LogP contribution is 2.34. The molecule has 3 N–H and O–H groups in total. The number of ether oxygens (including phenoxy) is 2. The van der Waals surface area contributed by atoms with Gasteiger partial charge in [-0.3, -0.25) is 15.1 Å². The van der Waals surface area contributed by atoms with Crippen LogP contribution >= 0.6 is 11.6 Å². The van der Waals surface area contributed by atoms with E-state index in [4.69, 9.17) is 21.1 Å². The molecule has 4 rings (SSSR count). The van der Waals surface area contributed by atoms with Crippen molar-refractivity contribution in [3.05, 3.63) is 65.7 Å². The van der Waals surface area contributed by atoms with Gasteiger partial charge in [0.15, 0.2) is 0 Å². The van der Waals surface area contributed by atoms with Crippen molar-refractivity contribution in [2.75, 3.05) is 25.5 Å². The molecular weight excluding hydrogens is 404 g/mol. The summed E-state index contributed by atoms with van der Waals surface area (Å²) < 4.78 is 11.6. The van der Waals surface area contributed by atoms with Crippen LogP contribution in [0.25, 0.3) is 10.9 Å². The highest BCUT2D eigenvalue weighted by atomic mass is 35.5. The first kappa shape index (κ1) is 19.9. The van der Waals surface area contributed by atoms with Gasteiger partial charge in [-0.05, 0) is 37.4 Å². The van der Waals surface area contributed by atoms with E-state index in [1.165, 1.54) is 0 Å². The fourth-order valence-corrected chi connectivity index (χ4v) is 3.11. The van der Waals surface area contributed by atoms with Gasteiger partial charge >= 0.3 is 0 Å². The van der Waals surface area contributed by atoms with E-state index in [0.717, 1.165) is 34.5 Å². The molecule has 0 spiro atoms. The molecule has 0 atom stereocenters. The average Bonchev–Trinajstić information content (AvgIpc) is 3.18. The van der Waals surface area contributed by atoms with E-state index < -0.39 is 0 Å². The van der Waals surface area contributed by atoms with Crippen LogP contribution in [-0.4, -0.2) is 40.4 Å². The van der Waals surface area contributed by atoms with Crippen molar-refractivity contribution in [1.29, 1.82) is 0 Å². The van der Waals surface area contributed by atoms with Gasteiger partial charge in [0.1, 0.15) is 19.0 Å². The number of benzene rings is 1. The normalized spacial score (nSPS) is 10.9. The minimum absolute atomic E-state index is 0.346. The van der Waals surface area contributed by atoms with Crippen molar-refractivity contribution in [3.63, 3.8) is 0 Å². The van der Waals surface area contributed by atoms with E-state index in [-0.39, 0.29) is 0 Å². The largest absolute Gasteiger partial charge is 0.486 e. The number of pyridine rings is 2. The smallest absolute Gasteiger partial charge is 0.242 e. The molecule has 0 bridgehead atoms. The summed E-state index contributed by atoms with van der Waals surface area (Å²) in [6.07, 6.45) is 5.16. The maximum atomic E-state index is 6.42. The van der Waals surface area contributed by atoms with Crippen molar-refractivity contribution in [2.45, 2.75) is 6.61 Å². The molecule has 0 saturated carbocycles. The first-order valence-electron chi connectivity index (χ1n) is 9.43. The van der Waals surface area contributed by atoms with Crippen LogP contribution in [0.3, 0.4) is 0 Å². The molecule has 0 aliphatic carbocycles. The molecule has 4 aromatic rings. The van der Waals surface area contributed by atoms with Crippen LogP contribution < -0.4 is 20.1 Å². The molecule has 3 heterocycles. The van der Waals surface area contributed by atoms with Crippen LogP contribution in [0.4, 0.5) is 11.4 Å². The molecule has 0 radical (unpaired) electrons. The Labute approximate surface area is 178 Å². The third-order valence-electron chi connectivity index (χ3n) is 4.34. The highest BCUT2D eigenvalue weighted by Gasteiger charge is 2.13. The molecule has 0 unspecified atom stereocenters. The van der Waals surface area contributed by atoms with Gasteiger partial charge in [0.2, 0.25) is 5.88 Å². The zero-order valence-corrected chi connectivity index (χ0v) is 17.1. The number of anilines is 2. The lowest BCUT2D eigenvalue weighted by Gasteiger charge is -2.12. The van der Waals surface area contributed by atoms with Crippen molar-refractivity contribution in [3.8, 4) is 11.6 Å². The number of H-pyrrole nitrogens is 1. The predicted molar refractivity (Wildman–Crippen MR) is 117 cm³/mol. The van der Waals surface area contributed by atoms with Crippen LogP contribution in [-0.2, 0) is 6.61 Å². The molecule has 0 aliphatic heterocycles. The third-order valence-corrected chi connectivity index (χ3v) is 4.64. The van der Waals surface area contributed by atoms with Gasteiger partial charge in [0, 0.05) is 18.4 Å². The van der Waals surface area contributed by atoms with E-state index in [1.807, 2.05) is 37.4 Å². The van der Waals surface area contributed by atoms with Crippen molar-refractivity contribution >= 4 is 33.9 Å². The maximum Gasteiger partial charge on any atom is 0.242 e. The molecule has 30 heavy (non-hydrogen) atoms. The van der Waals surface area contributed by atoms with E-state index in [2.05, 4.69) is 30.8 Å². The topological polar surface area (TPSA) is 97.0 Å². The van der Waals surface area contributed by atoms with Crippen molar-refractivity contribution in [1.82, 2.24) is 25.5 Å². The summed E-state index contributed by atoms with van der Waals surface area (Å²) in [5.74, 6) is 1.11. The number of rotatable bonds is 9. The lowest BCUT2D eigenvalue weighted by molar-refractivity contribution is 0.301. The molecule has 0 saturated heterocycles. The number of hydrogen-bond acceptors (Lipinski definition) is 7. The third kappa shape index (κ3) is 4.61. The van der Waals surface area contributed by atoms with Gasteiger partial charge in [-0.2, -0.15) is 0 Å². The van der Waals surface area contributed by atoms with Crippen LogP contribution in [0.2, 0.25) is 5.02 Å². The van der Waals surface area contributed by atoms with Crippen LogP contribution in [0.15, 0.2) is 55.0 Å². The molecule has 9 heteroatoms. The van der Waals surface area contributed by atoms with Gasteiger partial charge in [0.05, 0.1) is 39.7 Å². The SMILES string of the molecule is CNCCOc1n[nH]c2cncc(Nc3ccc(OCc4ccccn4)c(Cl)c3)c12. The molecule has 1 aromatic carbocycles. The van der Waals surface area contributed by atoms with E-state index >= 15 is 0 Å². The van der Waals surface area contributed by atoms with Crippen molar-refractivity contribution in [2.24, 2.45) is 0 Å². The van der Waals surface area contributed by atoms with Gasteiger partial charge in [-0.1, -0.05) is 17.7 Å². The summed E-state index contributed by atoms with van der Waals surface area (Å²) in [7, 11) is 1.87. The molecule has 3 aromatic heterocycles. The molecule has 0 aliphatic rings. The number of hydrogen-bond donors (Lipinski definition) is 3. The standard InChI is InChI=1S/C21H21ClN6O2/c1-23-8-9-29-21-20-17(11-24-12-18(20)27-28-21)26-14-5-6-19(16(22)10-14)30-13-15-4-2-3-7-25-15/h2-7,10-12,23,26H,8-9,13H2,1H3,(H,27,28). The Bertz CT molecular complexity index is 1120. The highest BCUT2D eigenvalue weighted by molar-refractivity contribution is 6.32. The zero-order chi connectivity index (χ0) is 20.8. The number of nitrogens with one attached hydrogen (secondary N) is 3. The Morgan fingerprint density at radius 2 is 2.07 bits per heavy atom. The van der Waals surface area contributed by atoms with E-state index in [0.29, 0.717) is 29.9 Å². The number of nitrogens with zero attached hydrogens (tertiary/aromatic N) is 3. The summed E-state index contributed by atoms with van der Waals surface area (Å²) in [6, 6.07) is 11.2. The Balaban J connectivity index is 1.50. The zero-order valence-electron chi connectivity index (χ0n) is 16.4. The van der Waals surface area contributed by atoms with Gasteiger partial charge in [0.25, 0.3) is 0 Å². The molecule has 0 fully saturated rings. The minimum Gasteiger partial charge on any atom is -0.486 e. The average molecular weight is 425 g/mol. The first-order valence-corrected chi connectivity index (χ1v) is 9.81. The molecule has 154 valence electrons. The second-order valence-electron chi connectivity index (χ2n) is 6.47. The number of aromatic nitrogens is 4. The Morgan fingerprint density at radius 1 is 1.13 bits per heavy atom. The Morgan fingerprint density at radius 3 is 2.87 bits per heavy atom. The molecule has 0 amide bonds. The number of halogens is 1. The summed E-state index contributed by atoms with van der Waals surface area (Å²) >= 11 is 6.42.